The number of anilines is 1. The Balaban J connectivity index is 3.07. The van der Waals surface area contributed by atoms with Gasteiger partial charge < -0.3 is 10.5 Å². The van der Waals surface area contributed by atoms with Crippen LogP contribution < -0.4 is 10.5 Å². The number of hydrogen-bond acceptors (Lipinski definition) is 6. The van der Waals surface area contributed by atoms with Crippen LogP contribution in [0, 0.1) is 10.1 Å². The van der Waals surface area contributed by atoms with Crippen LogP contribution in [0.4, 0.5) is 11.4 Å². The molecule has 0 atom stereocenters. The van der Waals surface area contributed by atoms with E-state index in [2.05, 4.69) is 4.72 Å². The average Bonchev–Trinajstić information content (AvgIpc) is 2.29. The van der Waals surface area contributed by atoms with E-state index in [9.17, 15) is 18.5 Å². The Morgan fingerprint density at radius 3 is 2.72 bits per heavy atom. The highest BCUT2D eigenvalue weighted by atomic mass is 32.2. The molecule has 0 saturated carbocycles. The molecule has 8 nitrogen and oxygen atoms in total. The molecule has 0 saturated heterocycles. The molecule has 0 fully saturated rings. The second kappa shape index (κ2) is 5.76. The number of nitrogens with two attached hydrogens (primary N) is 1. The Morgan fingerprint density at radius 2 is 2.17 bits per heavy atom. The molecule has 1 aromatic carbocycles. The van der Waals surface area contributed by atoms with Crippen molar-refractivity contribution in [2.45, 2.75) is 4.90 Å². The van der Waals surface area contributed by atoms with Crippen molar-refractivity contribution in [3.63, 3.8) is 0 Å². The zero-order valence-electron chi connectivity index (χ0n) is 9.62. The van der Waals surface area contributed by atoms with E-state index in [1.165, 1.54) is 13.2 Å². The highest BCUT2D eigenvalue weighted by Gasteiger charge is 2.20. The van der Waals surface area contributed by atoms with Crippen LogP contribution in [0.15, 0.2) is 23.1 Å². The normalized spacial score (nSPS) is 11.4. The first kappa shape index (κ1) is 14.4. The number of hydrogen-bond donors (Lipinski definition) is 2. The minimum absolute atomic E-state index is 0.0504. The summed E-state index contributed by atoms with van der Waals surface area (Å²) in [5.74, 6) is 0. The van der Waals surface area contributed by atoms with Gasteiger partial charge in [-0.05, 0) is 6.07 Å². The number of methoxy groups -OCH3 is 1. The van der Waals surface area contributed by atoms with E-state index in [-0.39, 0.29) is 29.4 Å². The molecule has 0 aliphatic carbocycles. The van der Waals surface area contributed by atoms with Crippen LogP contribution >= 0.6 is 0 Å². The maximum atomic E-state index is 11.8. The van der Waals surface area contributed by atoms with E-state index in [0.29, 0.717) is 0 Å². The van der Waals surface area contributed by atoms with Gasteiger partial charge in [-0.15, -0.1) is 0 Å². The Labute approximate surface area is 104 Å². The molecule has 0 spiro atoms. The number of nitro benzene ring substituents is 1. The number of benzene rings is 1. The van der Waals surface area contributed by atoms with E-state index in [1.54, 1.807) is 0 Å². The number of rotatable bonds is 6. The van der Waals surface area contributed by atoms with Gasteiger partial charge in [0, 0.05) is 25.8 Å². The van der Waals surface area contributed by atoms with Gasteiger partial charge in [0.1, 0.15) is 4.90 Å². The molecular formula is C9H13N3O5S. The van der Waals surface area contributed by atoms with Gasteiger partial charge in [0.15, 0.2) is 0 Å². The molecule has 1 aromatic rings. The third kappa shape index (κ3) is 3.39. The Morgan fingerprint density at radius 1 is 1.50 bits per heavy atom. The molecule has 0 unspecified atom stereocenters. The fourth-order valence-corrected chi connectivity index (χ4v) is 2.39. The molecular weight excluding hydrogens is 262 g/mol. The van der Waals surface area contributed by atoms with E-state index < -0.39 is 14.9 Å². The smallest absolute Gasteiger partial charge is 0.270 e. The molecule has 1 rings (SSSR count). The fourth-order valence-electron chi connectivity index (χ4n) is 1.23. The number of nitrogen functional groups attached to an aromatic ring is 1. The lowest BCUT2D eigenvalue weighted by Crippen LogP contribution is -2.27. The summed E-state index contributed by atoms with van der Waals surface area (Å²) in [4.78, 5) is 9.58. The average molecular weight is 275 g/mol. The van der Waals surface area contributed by atoms with E-state index in [1.807, 2.05) is 0 Å². The number of ether oxygens (including phenoxy) is 1. The number of sulfonamides is 1. The predicted molar refractivity (Wildman–Crippen MR) is 64.6 cm³/mol. The summed E-state index contributed by atoms with van der Waals surface area (Å²) in [7, 11) is -2.45. The van der Waals surface area contributed by atoms with Gasteiger partial charge in [0.05, 0.1) is 17.2 Å². The number of nitrogens with zero attached hydrogens (tertiary/aromatic N) is 1. The summed E-state index contributed by atoms with van der Waals surface area (Å²) in [6.45, 7) is 0.245. The molecule has 0 aliphatic rings. The second-order valence-corrected chi connectivity index (χ2v) is 5.11. The van der Waals surface area contributed by atoms with Crippen molar-refractivity contribution in [2.75, 3.05) is 26.0 Å². The molecule has 100 valence electrons. The number of nitro groups is 1. The first-order valence-corrected chi connectivity index (χ1v) is 6.39. The van der Waals surface area contributed by atoms with Crippen molar-refractivity contribution in [3.8, 4) is 0 Å². The van der Waals surface area contributed by atoms with Crippen LogP contribution in [0.25, 0.3) is 0 Å². The number of non-ortho nitro benzene ring substituents is 1. The Kier molecular flexibility index (Phi) is 4.59. The van der Waals surface area contributed by atoms with Crippen LogP contribution in [0.5, 0.6) is 0 Å². The molecule has 0 heterocycles. The lowest BCUT2D eigenvalue weighted by Gasteiger charge is -2.08. The van der Waals surface area contributed by atoms with Gasteiger partial charge >= 0.3 is 0 Å². The van der Waals surface area contributed by atoms with Crippen molar-refractivity contribution in [2.24, 2.45) is 0 Å². The molecule has 0 amide bonds. The SMILES string of the molecule is COCCNS(=O)(=O)c1cc([N+](=O)[O-])ccc1N. The molecule has 0 radical (unpaired) electrons. The monoisotopic (exact) mass is 275 g/mol. The van der Waals surface area contributed by atoms with E-state index in [4.69, 9.17) is 10.5 Å². The van der Waals surface area contributed by atoms with E-state index >= 15 is 0 Å². The Hall–Kier alpha value is -1.71. The lowest BCUT2D eigenvalue weighted by molar-refractivity contribution is -0.385. The topological polar surface area (TPSA) is 125 Å². The van der Waals surface area contributed by atoms with Gasteiger partial charge in [0.2, 0.25) is 10.0 Å². The summed E-state index contributed by atoms with van der Waals surface area (Å²) < 4.78 is 30.6. The molecule has 0 aliphatic heterocycles. The zero-order chi connectivity index (χ0) is 13.8. The van der Waals surface area contributed by atoms with Gasteiger partial charge in [-0.1, -0.05) is 0 Å². The minimum atomic E-state index is -3.88. The first-order chi connectivity index (χ1) is 8.38. The minimum Gasteiger partial charge on any atom is -0.398 e. The third-order valence-corrected chi connectivity index (χ3v) is 3.61. The van der Waals surface area contributed by atoms with Crippen molar-refractivity contribution < 1.29 is 18.1 Å². The van der Waals surface area contributed by atoms with Crippen molar-refractivity contribution in [3.05, 3.63) is 28.3 Å². The van der Waals surface area contributed by atoms with Crippen LogP contribution in [0.2, 0.25) is 0 Å². The summed E-state index contributed by atoms with van der Waals surface area (Å²) in [5, 5.41) is 10.6. The predicted octanol–water partition coefficient (Wildman–Crippen LogP) is 0.102. The highest BCUT2D eigenvalue weighted by Crippen LogP contribution is 2.23. The van der Waals surface area contributed by atoms with Crippen molar-refractivity contribution in [1.82, 2.24) is 4.72 Å². The van der Waals surface area contributed by atoms with Gasteiger partial charge in [-0.3, -0.25) is 10.1 Å². The van der Waals surface area contributed by atoms with E-state index in [0.717, 1.165) is 12.1 Å². The molecule has 3 N–H and O–H groups in total. The van der Waals surface area contributed by atoms with Crippen LogP contribution in [-0.4, -0.2) is 33.6 Å². The van der Waals surface area contributed by atoms with Gasteiger partial charge in [0.25, 0.3) is 5.69 Å². The van der Waals surface area contributed by atoms with Gasteiger partial charge in [-0.25, -0.2) is 13.1 Å². The number of nitrogens with one attached hydrogen (secondary N) is 1. The molecule has 9 heteroatoms. The maximum Gasteiger partial charge on any atom is 0.270 e. The lowest BCUT2D eigenvalue weighted by atomic mass is 10.3. The van der Waals surface area contributed by atoms with Crippen molar-refractivity contribution >= 4 is 21.4 Å². The van der Waals surface area contributed by atoms with Crippen LogP contribution in [0.1, 0.15) is 0 Å². The highest BCUT2D eigenvalue weighted by molar-refractivity contribution is 7.89. The van der Waals surface area contributed by atoms with Crippen molar-refractivity contribution in [1.29, 1.82) is 0 Å². The summed E-state index contributed by atoms with van der Waals surface area (Å²) >= 11 is 0. The standard InChI is InChI=1S/C9H13N3O5S/c1-17-5-4-11-18(15,16)9-6-7(12(13)14)2-3-8(9)10/h2-3,6,11H,4-5,10H2,1H3. The first-order valence-electron chi connectivity index (χ1n) is 4.91. The fraction of sp³-hybridized carbons (Fsp3) is 0.333. The molecule has 0 aromatic heterocycles. The van der Waals surface area contributed by atoms with Crippen LogP contribution in [-0.2, 0) is 14.8 Å². The summed E-state index contributed by atoms with van der Waals surface area (Å²) in [6, 6.07) is 3.25. The summed E-state index contributed by atoms with van der Waals surface area (Å²) in [5.41, 5.74) is 5.12. The van der Waals surface area contributed by atoms with Crippen LogP contribution in [0.3, 0.4) is 0 Å². The third-order valence-electron chi connectivity index (χ3n) is 2.10. The molecule has 18 heavy (non-hydrogen) atoms. The maximum absolute atomic E-state index is 11.8. The quantitative estimate of drug-likeness (QED) is 0.328. The largest absolute Gasteiger partial charge is 0.398 e. The Bertz CT molecular complexity index is 543. The summed E-state index contributed by atoms with van der Waals surface area (Å²) in [6.07, 6.45) is 0. The second-order valence-electron chi connectivity index (χ2n) is 3.37. The zero-order valence-corrected chi connectivity index (χ0v) is 10.4. The van der Waals surface area contributed by atoms with Gasteiger partial charge in [-0.2, -0.15) is 0 Å². The molecule has 0 bridgehead atoms.